The van der Waals surface area contributed by atoms with E-state index in [1.54, 1.807) is 0 Å². The average Bonchev–Trinajstić information content (AvgIpc) is 2.39. The molecule has 1 aromatic heterocycles. The maximum absolute atomic E-state index is 11.0. The van der Waals surface area contributed by atoms with E-state index in [0.717, 1.165) is 31.8 Å². The standard InChI is InChI=1S/C13H18ClN3O2/c1-2-3-10-6-8-16(9-7-10)13-11(17(18)19)4-5-12(14)15-13/h4-5,10H,2-3,6-9H2,1H3. The zero-order valence-electron chi connectivity index (χ0n) is 11.0. The van der Waals surface area contributed by atoms with Gasteiger partial charge in [0.15, 0.2) is 0 Å². The summed E-state index contributed by atoms with van der Waals surface area (Å²) in [6.07, 6.45) is 4.57. The molecule has 0 saturated carbocycles. The minimum absolute atomic E-state index is 0.0401. The molecule has 1 aromatic rings. The Bertz CT molecular complexity index is 459. The number of halogens is 1. The number of hydrogen-bond donors (Lipinski definition) is 0. The van der Waals surface area contributed by atoms with Crippen molar-refractivity contribution in [2.45, 2.75) is 32.6 Å². The van der Waals surface area contributed by atoms with Gasteiger partial charge in [-0.3, -0.25) is 10.1 Å². The Morgan fingerprint density at radius 2 is 2.16 bits per heavy atom. The van der Waals surface area contributed by atoms with E-state index < -0.39 is 4.92 Å². The third kappa shape index (κ3) is 3.35. The highest BCUT2D eigenvalue weighted by molar-refractivity contribution is 6.29. The van der Waals surface area contributed by atoms with Crippen LogP contribution in [0.3, 0.4) is 0 Å². The summed E-state index contributed by atoms with van der Waals surface area (Å²) in [7, 11) is 0. The fourth-order valence-electron chi connectivity index (χ4n) is 2.63. The van der Waals surface area contributed by atoms with Crippen molar-refractivity contribution in [2.24, 2.45) is 5.92 Å². The molecule has 1 aliphatic heterocycles. The number of piperidine rings is 1. The van der Waals surface area contributed by atoms with Gasteiger partial charge in [-0.1, -0.05) is 31.4 Å². The molecule has 1 fully saturated rings. The molecule has 0 amide bonds. The van der Waals surface area contributed by atoms with Crippen LogP contribution in [0.15, 0.2) is 12.1 Å². The predicted molar refractivity (Wildman–Crippen MR) is 75.7 cm³/mol. The maximum atomic E-state index is 11.0. The lowest BCUT2D eigenvalue weighted by Crippen LogP contribution is -2.34. The van der Waals surface area contributed by atoms with Crippen LogP contribution in [0, 0.1) is 16.0 Å². The van der Waals surface area contributed by atoms with Crippen LogP contribution in [0.4, 0.5) is 11.5 Å². The van der Waals surface area contributed by atoms with Gasteiger partial charge in [0, 0.05) is 19.2 Å². The molecule has 1 aliphatic rings. The molecule has 1 saturated heterocycles. The number of nitro groups is 1. The molecule has 0 spiro atoms. The van der Waals surface area contributed by atoms with E-state index in [0.29, 0.717) is 11.0 Å². The van der Waals surface area contributed by atoms with E-state index in [-0.39, 0.29) is 5.69 Å². The van der Waals surface area contributed by atoms with Gasteiger partial charge in [0.05, 0.1) is 4.92 Å². The molecule has 6 heteroatoms. The lowest BCUT2D eigenvalue weighted by atomic mass is 9.92. The first-order valence-corrected chi connectivity index (χ1v) is 7.05. The Morgan fingerprint density at radius 1 is 1.47 bits per heavy atom. The van der Waals surface area contributed by atoms with E-state index in [4.69, 9.17) is 11.6 Å². The van der Waals surface area contributed by atoms with Gasteiger partial charge >= 0.3 is 5.69 Å². The van der Waals surface area contributed by atoms with Crippen LogP contribution in [-0.4, -0.2) is 23.0 Å². The lowest BCUT2D eigenvalue weighted by molar-refractivity contribution is -0.384. The molecule has 0 unspecified atom stereocenters. The van der Waals surface area contributed by atoms with Gasteiger partial charge in [-0.05, 0) is 24.8 Å². The quantitative estimate of drug-likeness (QED) is 0.481. The first kappa shape index (κ1) is 14.1. The molecule has 0 aliphatic carbocycles. The fraction of sp³-hybridized carbons (Fsp3) is 0.615. The molecule has 19 heavy (non-hydrogen) atoms. The molecule has 0 radical (unpaired) electrons. The number of hydrogen-bond acceptors (Lipinski definition) is 4. The van der Waals surface area contributed by atoms with Crippen molar-refractivity contribution in [3.63, 3.8) is 0 Å². The Morgan fingerprint density at radius 3 is 2.74 bits per heavy atom. The summed E-state index contributed by atoms with van der Waals surface area (Å²) in [5.41, 5.74) is 0.0401. The van der Waals surface area contributed by atoms with Gasteiger partial charge in [0.25, 0.3) is 0 Å². The predicted octanol–water partition coefficient (Wildman–Crippen LogP) is 3.66. The molecular formula is C13H18ClN3O2. The lowest BCUT2D eigenvalue weighted by Gasteiger charge is -2.32. The van der Waals surface area contributed by atoms with Gasteiger partial charge in [0.2, 0.25) is 5.82 Å². The van der Waals surface area contributed by atoms with Crippen molar-refractivity contribution in [2.75, 3.05) is 18.0 Å². The number of nitrogens with zero attached hydrogens (tertiary/aromatic N) is 3. The third-order valence-corrected chi connectivity index (χ3v) is 3.84. The summed E-state index contributed by atoms with van der Waals surface area (Å²) in [5.74, 6) is 1.15. The summed E-state index contributed by atoms with van der Waals surface area (Å²) >= 11 is 5.86. The Kier molecular flexibility index (Phi) is 4.58. The topological polar surface area (TPSA) is 59.3 Å². The Labute approximate surface area is 117 Å². The molecule has 0 N–H and O–H groups in total. The van der Waals surface area contributed by atoms with Crippen LogP contribution in [0.1, 0.15) is 32.6 Å². The van der Waals surface area contributed by atoms with Crippen LogP contribution in [0.2, 0.25) is 5.15 Å². The first-order chi connectivity index (χ1) is 9.11. The summed E-state index contributed by atoms with van der Waals surface area (Å²) in [4.78, 5) is 16.8. The third-order valence-electron chi connectivity index (χ3n) is 3.63. The molecular weight excluding hydrogens is 266 g/mol. The van der Waals surface area contributed by atoms with Crippen molar-refractivity contribution in [3.8, 4) is 0 Å². The molecule has 104 valence electrons. The molecule has 0 bridgehead atoms. The Balaban J connectivity index is 2.14. The van der Waals surface area contributed by atoms with Gasteiger partial charge in [-0.2, -0.15) is 0 Å². The van der Waals surface area contributed by atoms with E-state index in [1.807, 2.05) is 4.90 Å². The highest BCUT2D eigenvalue weighted by Gasteiger charge is 2.25. The van der Waals surface area contributed by atoms with Crippen LogP contribution < -0.4 is 4.90 Å². The number of pyridine rings is 1. The second-order valence-corrected chi connectivity index (χ2v) is 5.34. The summed E-state index contributed by atoms with van der Waals surface area (Å²) < 4.78 is 0. The second-order valence-electron chi connectivity index (χ2n) is 4.95. The molecule has 0 atom stereocenters. The zero-order valence-corrected chi connectivity index (χ0v) is 11.8. The molecule has 5 nitrogen and oxygen atoms in total. The van der Waals surface area contributed by atoms with E-state index in [2.05, 4.69) is 11.9 Å². The summed E-state index contributed by atoms with van der Waals surface area (Å²) in [6.45, 7) is 3.83. The van der Waals surface area contributed by atoms with Crippen molar-refractivity contribution in [1.82, 2.24) is 4.98 Å². The monoisotopic (exact) mass is 283 g/mol. The van der Waals surface area contributed by atoms with Crippen molar-refractivity contribution in [3.05, 3.63) is 27.4 Å². The van der Waals surface area contributed by atoms with Crippen molar-refractivity contribution >= 4 is 23.1 Å². The molecule has 0 aromatic carbocycles. The number of rotatable bonds is 4. The average molecular weight is 284 g/mol. The SMILES string of the molecule is CCCC1CCN(c2nc(Cl)ccc2[N+](=O)[O-])CC1. The van der Waals surface area contributed by atoms with Crippen molar-refractivity contribution in [1.29, 1.82) is 0 Å². The van der Waals surface area contributed by atoms with E-state index in [9.17, 15) is 10.1 Å². The second kappa shape index (κ2) is 6.19. The van der Waals surface area contributed by atoms with E-state index >= 15 is 0 Å². The maximum Gasteiger partial charge on any atom is 0.311 e. The molecule has 2 heterocycles. The minimum Gasteiger partial charge on any atom is -0.351 e. The van der Waals surface area contributed by atoms with Gasteiger partial charge < -0.3 is 4.90 Å². The number of aromatic nitrogens is 1. The summed E-state index contributed by atoms with van der Waals surface area (Å²) in [6, 6.07) is 2.90. The first-order valence-electron chi connectivity index (χ1n) is 6.67. The zero-order chi connectivity index (χ0) is 13.8. The smallest absolute Gasteiger partial charge is 0.311 e. The number of anilines is 1. The van der Waals surface area contributed by atoms with Crippen LogP contribution in [0.25, 0.3) is 0 Å². The molecule has 2 rings (SSSR count). The minimum atomic E-state index is -0.392. The van der Waals surface area contributed by atoms with Gasteiger partial charge in [-0.25, -0.2) is 4.98 Å². The van der Waals surface area contributed by atoms with Crippen LogP contribution in [-0.2, 0) is 0 Å². The highest BCUT2D eigenvalue weighted by atomic mass is 35.5. The van der Waals surface area contributed by atoms with Crippen LogP contribution in [0.5, 0.6) is 0 Å². The Hall–Kier alpha value is -1.36. The van der Waals surface area contributed by atoms with Gasteiger partial charge in [-0.15, -0.1) is 0 Å². The highest BCUT2D eigenvalue weighted by Crippen LogP contribution is 2.31. The van der Waals surface area contributed by atoms with Crippen molar-refractivity contribution < 1.29 is 4.92 Å². The normalized spacial score (nSPS) is 16.6. The fourth-order valence-corrected chi connectivity index (χ4v) is 2.78. The van der Waals surface area contributed by atoms with E-state index in [1.165, 1.54) is 25.0 Å². The summed E-state index contributed by atoms with van der Waals surface area (Å²) in [5, 5.41) is 11.3. The largest absolute Gasteiger partial charge is 0.351 e. The van der Waals surface area contributed by atoms with Gasteiger partial charge in [0.1, 0.15) is 5.15 Å². The van der Waals surface area contributed by atoms with Crippen LogP contribution >= 0.6 is 11.6 Å².